The van der Waals surface area contributed by atoms with E-state index in [9.17, 15) is 14.0 Å². The third-order valence-electron chi connectivity index (χ3n) is 4.72. The first-order valence-electron chi connectivity index (χ1n) is 9.17. The lowest BCUT2D eigenvalue weighted by Crippen LogP contribution is -2.42. The number of thioether (sulfide) groups is 1. The normalized spacial score (nSPS) is 17.3. The molecule has 0 unspecified atom stereocenters. The Bertz CT molecular complexity index is 977. The molecular weight excluding hydrogens is 391 g/mol. The van der Waals surface area contributed by atoms with Crippen molar-refractivity contribution in [1.82, 2.24) is 10.2 Å². The van der Waals surface area contributed by atoms with Gasteiger partial charge in [0.2, 0.25) is 11.8 Å². The molecule has 4 rings (SSSR count). The zero-order valence-electron chi connectivity index (χ0n) is 15.5. The van der Waals surface area contributed by atoms with Gasteiger partial charge in [-0.3, -0.25) is 9.59 Å². The van der Waals surface area contributed by atoms with Gasteiger partial charge in [0.25, 0.3) is 0 Å². The second-order valence-corrected chi connectivity index (χ2v) is 7.69. The minimum absolute atomic E-state index is 0.133. The Morgan fingerprint density at radius 1 is 1.14 bits per heavy atom. The summed E-state index contributed by atoms with van der Waals surface area (Å²) in [6.45, 7) is 0.228. The zero-order valence-corrected chi connectivity index (χ0v) is 16.3. The number of rotatable bonds is 6. The Hall–Kier alpha value is -3.06. The van der Waals surface area contributed by atoms with E-state index in [0.29, 0.717) is 11.3 Å². The highest BCUT2D eigenvalue weighted by atomic mass is 32.2. The van der Waals surface area contributed by atoms with Crippen LogP contribution in [0.25, 0.3) is 0 Å². The summed E-state index contributed by atoms with van der Waals surface area (Å²) < 4.78 is 18.7. The first-order chi connectivity index (χ1) is 14.1. The second-order valence-electron chi connectivity index (χ2n) is 6.63. The van der Waals surface area contributed by atoms with Gasteiger partial charge in [0, 0.05) is 0 Å². The number of carbonyl (C=O) groups excluding carboxylic acids is 2. The molecule has 5 nitrogen and oxygen atoms in total. The van der Waals surface area contributed by atoms with Crippen molar-refractivity contribution in [2.75, 3.05) is 5.75 Å². The highest BCUT2D eigenvalue weighted by molar-refractivity contribution is 8.00. The predicted octanol–water partition coefficient (Wildman–Crippen LogP) is 4.05. The lowest BCUT2D eigenvalue weighted by atomic mass is 10.0. The lowest BCUT2D eigenvalue weighted by molar-refractivity contribution is -0.139. The molecule has 2 atom stereocenters. The van der Waals surface area contributed by atoms with Crippen LogP contribution in [0.1, 0.15) is 28.3 Å². The minimum Gasteiger partial charge on any atom is -0.467 e. The Morgan fingerprint density at radius 3 is 2.59 bits per heavy atom. The van der Waals surface area contributed by atoms with E-state index < -0.39 is 6.04 Å². The summed E-state index contributed by atoms with van der Waals surface area (Å²) in [7, 11) is 0. The van der Waals surface area contributed by atoms with E-state index in [1.165, 1.54) is 23.9 Å². The van der Waals surface area contributed by atoms with Crippen molar-refractivity contribution in [3.63, 3.8) is 0 Å². The van der Waals surface area contributed by atoms with Gasteiger partial charge in [-0.1, -0.05) is 42.5 Å². The molecule has 2 amide bonds. The number of nitrogens with one attached hydrogen (secondary N) is 1. The van der Waals surface area contributed by atoms with Gasteiger partial charge < -0.3 is 14.6 Å². The van der Waals surface area contributed by atoms with Crippen LogP contribution in [-0.2, 0) is 16.1 Å². The van der Waals surface area contributed by atoms with Crippen molar-refractivity contribution in [1.29, 1.82) is 0 Å². The Balaban J connectivity index is 1.66. The molecule has 1 aliphatic rings. The average Bonchev–Trinajstić information content (AvgIpc) is 3.39. The molecule has 0 bridgehead atoms. The summed E-state index contributed by atoms with van der Waals surface area (Å²) in [4.78, 5) is 27.6. The fourth-order valence-electron chi connectivity index (χ4n) is 3.36. The van der Waals surface area contributed by atoms with Gasteiger partial charge in [0.15, 0.2) is 0 Å². The molecule has 0 saturated carbocycles. The van der Waals surface area contributed by atoms with Crippen LogP contribution in [0.15, 0.2) is 77.4 Å². The van der Waals surface area contributed by atoms with Gasteiger partial charge in [-0.2, -0.15) is 0 Å². The first-order valence-corrected chi connectivity index (χ1v) is 10.2. The number of benzene rings is 2. The number of amides is 2. The third kappa shape index (κ3) is 4.19. The van der Waals surface area contributed by atoms with E-state index >= 15 is 0 Å². The molecule has 7 heteroatoms. The Labute approximate surface area is 171 Å². The molecule has 2 heterocycles. The summed E-state index contributed by atoms with van der Waals surface area (Å²) in [5, 5.41) is 2.49. The van der Waals surface area contributed by atoms with Crippen molar-refractivity contribution >= 4 is 23.6 Å². The van der Waals surface area contributed by atoms with Crippen LogP contribution < -0.4 is 5.32 Å². The SMILES string of the molecule is O=C(NCc1ccco1)[C@@H](c1ccccc1)N1C(=O)CS[C@@H]1c1ccc(F)cc1. The molecule has 29 heavy (non-hydrogen) atoms. The molecule has 3 aromatic rings. The monoisotopic (exact) mass is 410 g/mol. The van der Waals surface area contributed by atoms with Crippen LogP contribution in [0.3, 0.4) is 0 Å². The number of hydrogen-bond donors (Lipinski definition) is 1. The van der Waals surface area contributed by atoms with Gasteiger partial charge in [-0.15, -0.1) is 11.8 Å². The topological polar surface area (TPSA) is 62.6 Å². The zero-order chi connectivity index (χ0) is 20.2. The fraction of sp³-hybridized carbons (Fsp3) is 0.182. The van der Waals surface area contributed by atoms with E-state index in [2.05, 4.69) is 5.32 Å². The number of hydrogen-bond acceptors (Lipinski definition) is 4. The van der Waals surface area contributed by atoms with Crippen molar-refractivity contribution in [3.8, 4) is 0 Å². The standard InChI is InChI=1S/C22H19FN2O3S/c23-17-10-8-16(9-11-17)22-25(19(26)14-29-22)20(15-5-2-1-3-6-15)21(27)24-13-18-7-4-12-28-18/h1-12,20,22H,13-14H2,(H,24,27)/t20-,22-/m1/s1. The van der Waals surface area contributed by atoms with Gasteiger partial charge in [-0.05, 0) is 35.4 Å². The summed E-state index contributed by atoms with van der Waals surface area (Å²) >= 11 is 1.43. The summed E-state index contributed by atoms with van der Waals surface area (Å²) in [5.41, 5.74) is 1.49. The van der Waals surface area contributed by atoms with Crippen LogP contribution in [-0.4, -0.2) is 22.5 Å². The molecule has 1 aromatic heterocycles. The minimum atomic E-state index is -0.802. The van der Waals surface area contributed by atoms with Crippen molar-refractivity contribution in [2.45, 2.75) is 18.0 Å². The average molecular weight is 410 g/mol. The van der Waals surface area contributed by atoms with Crippen LogP contribution in [0, 0.1) is 5.82 Å². The number of furan rings is 1. The van der Waals surface area contributed by atoms with Crippen molar-refractivity contribution in [2.24, 2.45) is 0 Å². The largest absolute Gasteiger partial charge is 0.467 e. The molecule has 0 radical (unpaired) electrons. The lowest BCUT2D eigenvalue weighted by Gasteiger charge is -2.32. The summed E-state index contributed by atoms with van der Waals surface area (Å²) in [6.07, 6.45) is 1.54. The maximum Gasteiger partial charge on any atom is 0.247 e. The van der Waals surface area contributed by atoms with E-state index in [1.807, 2.05) is 30.3 Å². The van der Waals surface area contributed by atoms with Crippen LogP contribution in [0.5, 0.6) is 0 Å². The molecule has 148 valence electrons. The molecule has 1 N–H and O–H groups in total. The molecule has 1 aliphatic heterocycles. The van der Waals surface area contributed by atoms with Gasteiger partial charge in [0.05, 0.1) is 18.6 Å². The number of halogens is 1. The van der Waals surface area contributed by atoms with E-state index in [4.69, 9.17) is 4.42 Å². The summed E-state index contributed by atoms with van der Waals surface area (Å²) in [6, 6.07) is 18.0. The molecule has 0 aliphatic carbocycles. The number of carbonyl (C=O) groups is 2. The number of nitrogens with zero attached hydrogens (tertiary/aromatic N) is 1. The highest BCUT2D eigenvalue weighted by Gasteiger charge is 2.41. The second kappa shape index (κ2) is 8.53. The van der Waals surface area contributed by atoms with Crippen LogP contribution in [0.4, 0.5) is 4.39 Å². The van der Waals surface area contributed by atoms with Gasteiger partial charge in [0.1, 0.15) is 23.0 Å². The third-order valence-corrected chi connectivity index (χ3v) is 5.95. The fourth-order valence-corrected chi connectivity index (χ4v) is 4.56. The van der Waals surface area contributed by atoms with Crippen LogP contribution >= 0.6 is 11.8 Å². The smallest absolute Gasteiger partial charge is 0.247 e. The molecular formula is C22H19FN2O3S. The van der Waals surface area contributed by atoms with E-state index in [-0.39, 0.29) is 35.3 Å². The van der Waals surface area contributed by atoms with Crippen LogP contribution in [0.2, 0.25) is 0 Å². The van der Waals surface area contributed by atoms with Crippen molar-refractivity contribution in [3.05, 3.63) is 95.7 Å². The highest BCUT2D eigenvalue weighted by Crippen LogP contribution is 2.43. The van der Waals surface area contributed by atoms with E-state index in [0.717, 1.165) is 5.56 Å². The predicted molar refractivity (Wildman–Crippen MR) is 108 cm³/mol. The quantitative estimate of drug-likeness (QED) is 0.666. The molecule has 0 spiro atoms. The Morgan fingerprint density at radius 2 is 1.90 bits per heavy atom. The first kappa shape index (κ1) is 19.3. The Kier molecular flexibility index (Phi) is 5.67. The molecule has 1 fully saturated rings. The van der Waals surface area contributed by atoms with E-state index in [1.54, 1.807) is 35.4 Å². The van der Waals surface area contributed by atoms with Gasteiger partial charge >= 0.3 is 0 Å². The maximum absolute atomic E-state index is 13.4. The van der Waals surface area contributed by atoms with Gasteiger partial charge in [-0.25, -0.2) is 4.39 Å². The molecule has 1 saturated heterocycles. The summed E-state index contributed by atoms with van der Waals surface area (Å²) in [5.74, 6) is 0.117. The molecule has 2 aromatic carbocycles. The van der Waals surface area contributed by atoms with Crippen molar-refractivity contribution < 1.29 is 18.4 Å². The maximum atomic E-state index is 13.4.